The summed E-state index contributed by atoms with van der Waals surface area (Å²) in [6, 6.07) is 7.94. The lowest BCUT2D eigenvalue weighted by molar-refractivity contribution is 1.000. The maximum Gasteiger partial charge on any atom is 0.0625 e. The van der Waals surface area contributed by atoms with Crippen molar-refractivity contribution >= 4 is 5.69 Å². The summed E-state index contributed by atoms with van der Waals surface area (Å²) in [5, 5.41) is 8.42. The average molecular weight is 160 g/mol. The highest BCUT2D eigenvalue weighted by molar-refractivity contribution is 5.50. The predicted molar refractivity (Wildman–Crippen MR) is 49.5 cm³/mol. The zero-order chi connectivity index (χ0) is 8.97. The van der Waals surface area contributed by atoms with Crippen LogP contribution < -0.4 is 5.73 Å². The van der Waals surface area contributed by atoms with Gasteiger partial charge in [-0.15, -0.1) is 0 Å². The molecule has 0 aliphatic heterocycles. The number of aryl methyl sites for hydroxylation is 1. The molecule has 1 aromatic carbocycles. The Morgan fingerprint density at radius 2 is 2.25 bits per heavy atom. The third-order valence-corrected chi connectivity index (χ3v) is 1.93. The maximum atomic E-state index is 8.42. The second kappa shape index (κ2) is 3.77. The van der Waals surface area contributed by atoms with Crippen molar-refractivity contribution in [2.45, 2.75) is 19.8 Å². The number of anilines is 1. The molecule has 12 heavy (non-hydrogen) atoms. The van der Waals surface area contributed by atoms with E-state index in [1.54, 1.807) is 0 Å². The summed E-state index contributed by atoms with van der Waals surface area (Å²) >= 11 is 0. The topological polar surface area (TPSA) is 49.8 Å². The molecule has 0 amide bonds. The van der Waals surface area contributed by atoms with Crippen LogP contribution in [-0.2, 0) is 6.42 Å². The largest absolute Gasteiger partial charge is 0.398 e. The summed E-state index contributed by atoms with van der Waals surface area (Å²) in [6.45, 7) is 2.02. The van der Waals surface area contributed by atoms with E-state index in [9.17, 15) is 0 Å². The van der Waals surface area contributed by atoms with Gasteiger partial charge in [-0.3, -0.25) is 0 Å². The Kier molecular flexibility index (Phi) is 2.71. The van der Waals surface area contributed by atoms with E-state index in [0.29, 0.717) is 6.42 Å². The molecule has 0 heterocycles. The van der Waals surface area contributed by atoms with Crippen LogP contribution in [0.3, 0.4) is 0 Å². The molecule has 0 saturated carbocycles. The van der Waals surface area contributed by atoms with Crippen molar-refractivity contribution in [1.82, 2.24) is 0 Å². The van der Waals surface area contributed by atoms with Crippen LogP contribution in [0.4, 0.5) is 5.69 Å². The summed E-state index contributed by atoms with van der Waals surface area (Å²) in [6.07, 6.45) is 1.30. The molecule has 2 N–H and O–H groups in total. The van der Waals surface area contributed by atoms with Gasteiger partial charge in [0.05, 0.1) is 6.07 Å². The van der Waals surface area contributed by atoms with Crippen molar-refractivity contribution in [3.05, 3.63) is 29.3 Å². The van der Waals surface area contributed by atoms with Crippen LogP contribution in [0.15, 0.2) is 18.2 Å². The summed E-state index contributed by atoms with van der Waals surface area (Å²) < 4.78 is 0. The lowest BCUT2D eigenvalue weighted by Crippen LogP contribution is -1.96. The molecule has 2 nitrogen and oxygen atoms in total. The van der Waals surface area contributed by atoms with Gasteiger partial charge < -0.3 is 5.73 Å². The number of nitrogen functional groups attached to an aromatic ring is 1. The lowest BCUT2D eigenvalue weighted by Gasteiger charge is -2.06. The van der Waals surface area contributed by atoms with Crippen molar-refractivity contribution < 1.29 is 0 Å². The van der Waals surface area contributed by atoms with E-state index in [2.05, 4.69) is 6.07 Å². The lowest BCUT2D eigenvalue weighted by atomic mass is 10.0. The van der Waals surface area contributed by atoms with Crippen molar-refractivity contribution in [2.75, 3.05) is 5.73 Å². The molecule has 0 aromatic heterocycles. The van der Waals surface area contributed by atoms with E-state index < -0.39 is 0 Å². The molecule has 1 aromatic rings. The zero-order valence-electron chi connectivity index (χ0n) is 7.17. The quantitative estimate of drug-likeness (QED) is 0.673. The third kappa shape index (κ3) is 1.76. The predicted octanol–water partition coefficient (Wildman–Crippen LogP) is 2.03. The van der Waals surface area contributed by atoms with Gasteiger partial charge in [-0.2, -0.15) is 5.26 Å². The molecule has 0 saturated heterocycles. The molecule has 0 unspecified atom stereocenters. The van der Waals surface area contributed by atoms with Gasteiger partial charge in [-0.05, 0) is 30.5 Å². The van der Waals surface area contributed by atoms with Crippen LogP contribution in [0.1, 0.15) is 17.5 Å². The van der Waals surface area contributed by atoms with Crippen molar-refractivity contribution in [2.24, 2.45) is 0 Å². The van der Waals surface area contributed by atoms with E-state index in [1.807, 2.05) is 25.1 Å². The fraction of sp³-hybridized carbons (Fsp3) is 0.300. The van der Waals surface area contributed by atoms with Crippen molar-refractivity contribution in [1.29, 1.82) is 5.26 Å². The summed E-state index contributed by atoms with van der Waals surface area (Å²) in [5.74, 6) is 0. The minimum atomic E-state index is 0.537. The fourth-order valence-corrected chi connectivity index (χ4v) is 1.25. The SMILES string of the molecule is Cc1cccc(N)c1CCC#N. The van der Waals surface area contributed by atoms with Gasteiger partial charge in [0.25, 0.3) is 0 Å². The number of rotatable bonds is 2. The smallest absolute Gasteiger partial charge is 0.0625 e. The standard InChI is InChI=1S/C10H12N2/c1-8-4-2-6-10(12)9(8)5-3-7-11/h2,4,6H,3,5,12H2,1H3. The Balaban J connectivity index is 2.90. The fourth-order valence-electron chi connectivity index (χ4n) is 1.25. The van der Waals surface area contributed by atoms with Crippen molar-refractivity contribution in [3.63, 3.8) is 0 Å². The van der Waals surface area contributed by atoms with Gasteiger partial charge in [0.2, 0.25) is 0 Å². The van der Waals surface area contributed by atoms with Gasteiger partial charge >= 0.3 is 0 Å². The van der Waals surface area contributed by atoms with Crippen LogP contribution in [0, 0.1) is 18.3 Å². The number of benzene rings is 1. The molecular weight excluding hydrogens is 148 g/mol. The Hall–Kier alpha value is -1.49. The van der Waals surface area contributed by atoms with Crippen LogP contribution in [0.25, 0.3) is 0 Å². The Bertz CT molecular complexity index is 290. The van der Waals surface area contributed by atoms with E-state index in [-0.39, 0.29) is 0 Å². The minimum absolute atomic E-state index is 0.537. The van der Waals surface area contributed by atoms with E-state index in [4.69, 9.17) is 11.0 Å². The molecule has 0 bridgehead atoms. The molecule has 0 aliphatic carbocycles. The minimum Gasteiger partial charge on any atom is -0.398 e. The third-order valence-electron chi connectivity index (χ3n) is 1.93. The Morgan fingerprint density at radius 1 is 1.50 bits per heavy atom. The molecule has 0 spiro atoms. The normalized spacial score (nSPS) is 9.33. The van der Waals surface area contributed by atoms with Crippen molar-refractivity contribution in [3.8, 4) is 6.07 Å². The van der Waals surface area contributed by atoms with E-state index >= 15 is 0 Å². The highest BCUT2D eigenvalue weighted by Gasteiger charge is 2.00. The number of nitrogens with zero attached hydrogens (tertiary/aromatic N) is 1. The summed E-state index contributed by atoms with van der Waals surface area (Å²) in [7, 11) is 0. The first-order valence-electron chi connectivity index (χ1n) is 3.96. The first kappa shape index (κ1) is 8.61. The van der Waals surface area contributed by atoms with Gasteiger partial charge in [-0.25, -0.2) is 0 Å². The second-order valence-electron chi connectivity index (χ2n) is 2.80. The van der Waals surface area contributed by atoms with Crippen LogP contribution in [0.5, 0.6) is 0 Å². The summed E-state index contributed by atoms with van der Waals surface area (Å²) in [4.78, 5) is 0. The second-order valence-corrected chi connectivity index (χ2v) is 2.80. The van der Waals surface area contributed by atoms with Gasteiger partial charge in [-0.1, -0.05) is 12.1 Å². The first-order valence-corrected chi connectivity index (χ1v) is 3.96. The Labute approximate surface area is 72.6 Å². The number of nitrogens with two attached hydrogens (primary N) is 1. The van der Waals surface area contributed by atoms with Gasteiger partial charge in [0.1, 0.15) is 0 Å². The molecule has 1 rings (SSSR count). The molecule has 62 valence electrons. The highest BCUT2D eigenvalue weighted by atomic mass is 14.6. The number of nitriles is 1. The molecule has 0 atom stereocenters. The molecule has 0 aliphatic rings. The molecular formula is C10H12N2. The number of hydrogen-bond donors (Lipinski definition) is 1. The van der Waals surface area contributed by atoms with E-state index in [0.717, 1.165) is 17.7 Å². The van der Waals surface area contributed by atoms with E-state index in [1.165, 1.54) is 5.56 Å². The molecule has 0 radical (unpaired) electrons. The van der Waals surface area contributed by atoms with Crippen LogP contribution in [0.2, 0.25) is 0 Å². The van der Waals surface area contributed by atoms with Crippen LogP contribution in [-0.4, -0.2) is 0 Å². The average Bonchev–Trinajstić information content (AvgIpc) is 2.04. The van der Waals surface area contributed by atoms with Crippen LogP contribution >= 0.6 is 0 Å². The summed E-state index contributed by atoms with van der Waals surface area (Å²) in [5.41, 5.74) is 8.83. The molecule has 0 fully saturated rings. The first-order chi connectivity index (χ1) is 5.75. The zero-order valence-corrected chi connectivity index (χ0v) is 7.17. The maximum absolute atomic E-state index is 8.42. The Morgan fingerprint density at radius 3 is 2.83 bits per heavy atom. The highest BCUT2D eigenvalue weighted by Crippen LogP contribution is 2.17. The molecule has 2 heteroatoms. The van der Waals surface area contributed by atoms with Gasteiger partial charge in [0, 0.05) is 12.1 Å². The van der Waals surface area contributed by atoms with Gasteiger partial charge in [0.15, 0.2) is 0 Å². The number of hydrogen-bond acceptors (Lipinski definition) is 2. The monoisotopic (exact) mass is 160 g/mol.